The van der Waals surface area contributed by atoms with Gasteiger partial charge in [-0.3, -0.25) is 0 Å². The van der Waals surface area contributed by atoms with Crippen molar-refractivity contribution in [1.29, 1.82) is 0 Å². The molecule has 11 heavy (non-hydrogen) atoms. The van der Waals surface area contributed by atoms with Gasteiger partial charge in [0, 0.05) is 13.0 Å². The molecule has 0 aliphatic carbocycles. The molecule has 1 aromatic rings. The van der Waals surface area contributed by atoms with Gasteiger partial charge in [-0.15, -0.1) is 0 Å². The van der Waals surface area contributed by atoms with Crippen molar-refractivity contribution in [1.82, 2.24) is 15.3 Å². The second kappa shape index (κ2) is 3.98. The van der Waals surface area contributed by atoms with Crippen LogP contribution in [0.1, 0.15) is 5.69 Å². The average Bonchev–Trinajstić information content (AvgIpc) is 2.03. The summed E-state index contributed by atoms with van der Waals surface area (Å²) in [6.07, 6.45) is 3.14. The SMILES string of the molecule is CNCCc1ncncc1F. The summed E-state index contributed by atoms with van der Waals surface area (Å²) in [5.74, 6) is -0.331. The van der Waals surface area contributed by atoms with Crippen molar-refractivity contribution >= 4 is 0 Å². The summed E-state index contributed by atoms with van der Waals surface area (Å²) in [4.78, 5) is 7.34. The molecule has 0 aliphatic heterocycles. The molecule has 1 aromatic heterocycles. The Morgan fingerprint density at radius 1 is 1.64 bits per heavy atom. The van der Waals surface area contributed by atoms with Gasteiger partial charge in [0.15, 0.2) is 5.82 Å². The summed E-state index contributed by atoms with van der Waals surface area (Å²) < 4.78 is 12.8. The first-order valence-electron chi connectivity index (χ1n) is 3.43. The fourth-order valence-corrected chi connectivity index (χ4v) is 0.765. The van der Waals surface area contributed by atoms with E-state index in [0.29, 0.717) is 12.1 Å². The molecule has 60 valence electrons. The number of rotatable bonds is 3. The minimum absolute atomic E-state index is 0.331. The predicted octanol–water partition coefficient (Wildman–Crippen LogP) is 0.378. The van der Waals surface area contributed by atoms with E-state index in [1.54, 1.807) is 0 Å². The lowest BCUT2D eigenvalue weighted by Crippen LogP contribution is -2.12. The van der Waals surface area contributed by atoms with Crippen molar-refractivity contribution in [2.45, 2.75) is 6.42 Å². The quantitative estimate of drug-likeness (QED) is 0.685. The van der Waals surface area contributed by atoms with Gasteiger partial charge >= 0.3 is 0 Å². The van der Waals surface area contributed by atoms with E-state index < -0.39 is 0 Å². The first kappa shape index (κ1) is 8.07. The average molecular weight is 155 g/mol. The van der Waals surface area contributed by atoms with Gasteiger partial charge in [-0.2, -0.15) is 0 Å². The Bertz CT molecular complexity index is 227. The van der Waals surface area contributed by atoms with E-state index in [2.05, 4.69) is 15.3 Å². The molecule has 1 rings (SSSR count). The highest BCUT2D eigenvalue weighted by Crippen LogP contribution is 1.99. The maximum atomic E-state index is 12.8. The molecule has 0 saturated carbocycles. The number of nitrogens with one attached hydrogen (secondary N) is 1. The number of likely N-dealkylation sites (N-methyl/N-ethyl adjacent to an activating group) is 1. The molecular formula is C7H10FN3. The topological polar surface area (TPSA) is 37.8 Å². The van der Waals surface area contributed by atoms with Gasteiger partial charge in [0.1, 0.15) is 6.33 Å². The molecule has 0 radical (unpaired) electrons. The van der Waals surface area contributed by atoms with Crippen LogP contribution in [0.15, 0.2) is 12.5 Å². The minimum Gasteiger partial charge on any atom is -0.319 e. The molecular weight excluding hydrogens is 145 g/mol. The summed E-state index contributed by atoms with van der Waals surface area (Å²) >= 11 is 0. The zero-order valence-electron chi connectivity index (χ0n) is 6.34. The molecule has 0 amide bonds. The van der Waals surface area contributed by atoms with Crippen LogP contribution in [0.4, 0.5) is 4.39 Å². The third-order valence-corrected chi connectivity index (χ3v) is 1.36. The van der Waals surface area contributed by atoms with Gasteiger partial charge in [-0.25, -0.2) is 14.4 Å². The Morgan fingerprint density at radius 3 is 3.09 bits per heavy atom. The van der Waals surface area contributed by atoms with Gasteiger partial charge in [-0.1, -0.05) is 0 Å². The Labute approximate surface area is 64.7 Å². The molecule has 1 heterocycles. The van der Waals surface area contributed by atoms with Crippen LogP contribution in [-0.2, 0) is 6.42 Å². The first-order chi connectivity index (χ1) is 5.34. The summed E-state index contributed by atoms with van der Waals surface area (Å²) in [5.41, 5.74) is 0.467. The molecule has 0 unspecified atom stereocenters. The molecule has 0 saturated heterocycles. The van der Waals surface area contributed by atoms with Crippen LogP contribution in [0, 0.1) is 5.82 Å². The molecule has 1 N–H and O–H groups in total. The minimum atomic E-state index is -0.331. The van der Waals surface area contributed by atoms with Gasteiger partial charge < -0.3 is 5.32 Å². The van der Waals surface area contributed by atoms with E-state index in [1.165, 1.54) is 12.5 Å². The van der Waals surface area contributed by atoms with Crippen molar-refractivity contribution in [2.75, 3.05) is 13.6 Å². The lowest BCUT2D eigenvalue weighted by atomic mass is 10.3. The molecule has 0 fully saturated rings. The van der Waals surface area contributed by atoms with Gasteiger partial charge in [0.25, 0.3) is 0 Å². The molecule has 0 aromatic carbocycles. The maximum Gasteiger partial charge on any atom is 0.163 e. The number of hydrogen-bond acceptors (Lipinski definition) is 3. The molecule has 3 nitrogen and oxygen atoms in total. The number of aromatic nitrogens is 2. The maximum absolute atomic E-state index is 12.8. The van der Waals surface area contributed by atoms with Crippen molar-refractivity contribution in [3.8, 4) is 0 Å². The Hall–Kier alpha value is -1.03. The van der Waals surface area contributed by atoms with E-state index in [1.807, 2.05) is 7.05 Å². The highest BCUT2D eigenvalue weighted by Gasteiger charge is 2.00. The van der Waals surface area contributed by atoms with E-state index in [4.69, 9.17) is 0 Å². The molecule has 0 aliphatic rings. The largest absolute Gasteiger partial charge is 0.319 e. The standard InChI is InChI=1S/C7H10FN3/c1-9-3-2-7-6(8)4-10-5-11-7/h4-5,9H,2-3H2,1H3. The molecule has 0 spiro atoms. The van der Waals surface area contributed by atoms with Crippen molar-refractivity contribution in [3.63, 3.8) is 0 Å². The van der Waals surface area contributed by atoms with Crippen LogP contribution < -0.4 is 5.32 Å². The number of hydrogen-bond donors (Lipinski definition) is 1. The second-order valence-corrected chi connectivity index (χ2v) is 2.17. The van der Waals surface area contributed by atoms with Gasteiger partial charge in [0.2, 0.25) is 0 Å². The number of nitrogens with zero attached hydrogens (tertiary/aromatic N) is 2. The van der Waals surface area contributed by atoms with Gasteiger partial charge in [-0.05, 0) is 7.05 Å². The van der Waals surface area contributed by atoms with E-state index >= 15 is 0 Å². The van der Waals surface area contributed by atoms with Crippen LogP contribution in [0.25, 0.3) is 0 Å². The number of halogens is 1. The summed E-state index contributed by atoms with van der Waals surface area (Å²) in [5, 5.41) is 2.92. The molecule has 4 heteroatoms. The van der Waals surface area contributed by atoms with Crippen LogP contribution in [-0.4, -0.2) is 23.6 Å². The van der Waals surface area contributed by atoms with Crippen LogP contribution in [0.3, 0.4) is 0 Å². The molecule has 0 bridgehead atoms. The predicted molar refractivity (Wildman–Crippen MR) is 39.6 cm³/mol. The fraction of sp³-hybridized carbons (Fsp3) is 0.429. The Kier molecular flexibility index (Phi) is 2.92. The second-order valence-electron chi connectivity index (χ2n) is 2.17. The Morgan fingerprint density at radius 2 is 2.45 bits per heavy atom. The first-order valence-corrected chi connectivity index (χ1v) is 3.43. The highest BCUT2D eigenvalue weighted by molar-refractivity contribution is 5.01. The third-order valence-electron chi connectivity index (χ3n) is 1.36. The zero-order chi connectivity index (χ0) is 8.10. The van der Waals surface area contributed by atoms with E-state index in [-0.39, 0.29) is 5.82 Å². The van der Waals surface area contributed by atoms with E-state index in [9.17, 15) is 4.39 Å². The van der Waals surface area contributed by atoms with Crippen LogP contribution >= 0.6 is 0 Å². The van der Waals surface area contributed by atoms with Gasteiger partial charge in [0.05, 0.1) is 11.9 Å². The van der Waals surface area contributed by atoms with Crippen LogP contribution in [0.5, 0.6) is 0 Å². The zero-order valence-corrected chi connectivity index (χ0v) is 6.34. The van der Waals surface area contributed by atoms with Crippen molar-refractivity contribution in [2.24, 2.45) is 0 Å². The normalized spacial score (nSPS) is 10.0. The summed E-state index contributed by atoms with van der Waals surface area (Å²) in [7, 11) is 1.82. The summed E-state index contributed by atoms with van der Waals surface area (Å²) in [6.45, 7) is 0.730. The summed E-state index contributed by atoms with van der Waals surface area (Å²) in [6, 6.07) is 0. The van der Waals surface area contributed by atoms with E-state index in [0.717, 1.165) is 6.54 Å². The van der Waals surface area contributed by atoms with Crippen LogP contribution in [0.2, 0.25) is 0 Å². The van der Waals surface area contributed by atoms with Crippen molar-refractivity contribution < 1.29 is 4.39 Å². The van der Waals surface area contributed by atoms with Crippen molar-refractivity contribution in [3.05, 3.63) is 24.0 Å². The lowest BCUT2D eigenvalue weighted by molar-refractivity contribution is 0.585. The monoisotopic (exact) mass is 155 g/mol. The smallest absolute Gasteiger partial charge is 0.163 e. The fourth-order valence-electron chi connectivity index (χ4n) is 0.765. The third kappa shape index (κ3) is 2.23. The highest BCUT2D eigenvalue weighted by atomic mass is 19.1. The lowest BCUT2D eigenvalue weighted by Gasteiger charge is -1.98. The molecule has 0 atom stereocenters. The Balaban J connectivity index is 2.62.